The minimum atomic E-state index is 0.289. The molecule has 0 amide bonds. The largest absolute Gasteiger partial charge is 0.361 e. The maximum atomic E-state index is 12.0. The van der Waals surface area contributed by atoms with Crippen molar-refractivity contribution in [3.63, 3.8) is 0 Å². The molecule has 1 aliphatic rings. The molecule has 0 bridgehead atoms. The van der Waals surface area contributed by atoms with Crippen molar-refractivity contribution in [2.75, 3.05) is 10.6 Å². The Hall–Kier alpha value is -2.55. The van der Waals surface area contributed by atoms with Crippen molar-refractivity contribution in [3.8, 4) is 0 Å². The van der Waals surface area contributed by atoms with Crippen molar-refractivity contribution in [3.05, 3.63) is 66.4 Å². The van der Waals surface area contributed by atoms with Crippen LogP contribution in [0.25, 0.3) is 0 Å². The summed E-state index contributed by atoms with van der Waals surface area (Å²) in [5.41, 5.74) is 4.03. The summed E-state index contributed by atoms with van der Waals surface area (Å²) >= 11 is 0. The van der Waals surface area contributed by atoms with E-state index in [1.165, 1.54) is 0 Å². The number of rotatable bonds is 4. The van der Waals surface area contributed by atoms with Gasteiger partial charge in [0, 0.05) is 35.3 Å². The molecule has 118 valence electrons. The van der Waals surface area contributed by atoms with Crippen LogP contribution >= 0.6 is 0 Å². The number of para-hydroxylation sites is 1. The molecule has 3 rings (SSSR count). The summed E-state index contributed by atoms with van der Waals surface area (Å²) in [6, 6.07) is 18.2. The number of hydrogen-bond donors (Lipinski definition) is 2. The standard InChI is InChI=1S/C20H22N2O/c23-20-10-6-1-3-7-16(20)15-21-17-11-13-19(14-12-17)22-18-8-4-2-5-9-18/h2,4-5,8-9,11-15,21-22H,1,3,6-7,10H2/b16-15+. The Labute approximate surface area is 137 Å². The number of ketones is 1. The van der Waals surface area contributed by atoms with Crippen LogP contribution in [0.5, 0.6) is 0 Å². The lowest BCUT2D eigenvalue weighted by atomic mass is 10.1. The van der Waals surface area contributed by atoms with Gasteiger partial charge in [0.25, 0.3) is 0 Å². The average molecular weight is 306 g/mol. The van der Waals surface area contributed by atoms with E-state index >= 15 is 0 Å². The molecule has 0 aromatic heterocycles. The van der Waals surface area contributed by atoms with E-state index in [0.29, 0.717) is 6.42 Å². The van der Waals surface area contributed by atoms with E-state index in [2.05, 4.69) is 10.6 Å². The molecule has 0 unspecified atom stereocenters. The fourth-order valence-electron chi connectivity index (χ4n) is 2.74. The molecule has 0 atom stereocenters. The highest BCUT2D eigenvalue weighted by molar-refractivity contribution is 5.95. The molecule has 2 aromatic rings. The Morgan fingerprint density at radius 1 is 0.739 bits per heavy atom. The molecule has 1 aliphatic carbocycles. The predicted molar refractivity (Wildman–Crippen MR) is 96.0 cm³/mol. The maximum Gasteiger partial charge on any atom is 0.160 e. The summed E-state index contributed by atoms with van der Waals surface area (Å²) in [5.74, 6) is 0.289. The normalized spacial score (nSPS) is 16.9. The first-order chi connectivity index (χ1) is 11.3. The molecule has 2 N–H and O–H groups in total. The van der Waals surface area contributed by atoms with Crippen LogP contribution in [0, 0.1) is 0 Å². The van der Waals surface area contributed by atoms with Gasteiger partial charge in [-0.15, -0.1) is 0 Å². The maximum absolute atomic E-state index is 12.0. The Bertz CT molecular complexity index is 675. The van der Waals surface area contributed by atoms with Gasteiger partial charge in [-0.2, -0.15) is 0 Å². The first-order valence-electron chi connectivity index (χ1n) is 8.22. The third kappa shape index (κ3) is 4.46. The Morgan fingerprint density at radius 3 is 2.17 bits per heavy atom. The molecule has 1 saturated carbocycles. The summed E-state index contributed by atoms with van der Waals surface area (Å²) < 4.78 is 0. The van der Waals surface area contributed by atoms with Gasteiger partial charge in [0.2, 0.25) is 0 Å². The van der Waals surface area contributed by atoms with Gasteiger partial charge in [-0.25, -0.2) is 0 Å². The second-order valence-electron chi connectivity index (χ2n) is 5.87. The number of benzene rings is 2. The van der Waals surface area contributed by atoms with E-state index in [9.17, 15) is 4.79 Å². The quantitative estimate of drug-likeness (QED) is 0.598. The van der Waals surface area contributed by atoms with Crippen molar-refractivity contribution in [2.45, 2.75) is 32.1 Å². The summed E-state index contributed by atoms with van der Waals surface area (Å²) in [6.07, 6.45) is 6.75. The molecule has 0 radical (unpaired) electrons. The highest BCUT2D eigenvalue weighted by atomic mass is 16.1. The number of carbonyl (C=O) groups is 1. The van der Waals surface area contributed by atoms with Crippen LogP contribution in [0.4, 0.5) is 17.1 Å². The molecule has 3 nitrogen and oxygen atoms in total. The molecule has 0 aliphatic heterocycles. The predicted octanol–water partition coefficient (Wildman–Crippen LogP) is 5.26. The molecule has 3 heteroatoms. The fraction of sp³-hybridized carbons (Fsp3) is 0.250. The monoisotopic (exact) mass is 306 g/mol. The number of anilines is 3. The van der Waals surface area contributed by atoms with Gasteiger partial charge in [-0.1, -0.05) is 24.6 Å². The molecule has 0 saturated heterocycles. The van der Waals surface area contributed by atoms with E-state index in [4.69, 9.17) is 0 Å². The van der Waals surface area contributed by atoms with Crippen LogP contribution in [-0.2, 0) is 4.79 Å². The lowest BCUT2D eigenvalue weighted by Crippen LogP contribution is -2.02. The minimum Gasteiger partial charge on any atom is -0.361 e. The Balaban J connectivity index is 1.62. The van der Waals surface area contributed by atoms with E-state index in [1.54, 1.807) is 0 Å². The highest BCUT2D eigenvalue weighted by Crippen LogP contribution is 2.21. The number of Topliss-reactive ketones (excluding diaryl/α,β-unsaturated/α-hetero) is 1. The smallest absolute Gasteiger partial charge is 0.160 e. The number of hydrogen-bond acceptors (Lipinski definition) is 3. The lowest BCUT2D eigenvalue weighted by Gasteiger charge is -2.08. The lowest BCUT2D eigenvalue weighted by molar-refractivity contribution is -0.115. The highest BCUT2D eigenvalue weighted by Gasteiger charge is 2.12. The number of nitrogens with one attached hydrogen (secondary N) is 2. The zero-order valence-corrected chi connectivity index (χ0v) is 13.2. The van der Waals surface area contributed by atoms with Crippen molar-refractivity contribution in [1.82, 2.24) is 0 Å². The van der Waals surface area contributed by atoms with E-state index < -0.39 is 0 Å². The number of carbonyl (C=O) groups excluding carboxylic acids is 1. The molecule has 2 aromatic carbocycles. The van der Waals surface area contributed by atoms with Crippen LogP contribution in [0.1, 0.15) is 32.1 Å². The zero-order chi connectivity index (χ0) is 15.9. The summed E-state index contributed by atoms with van der Waals surface area (Å²) in [6.45, 7) is 0. The summed E-state index contributed by atoms with van der Waals surface area (Å²) in [4.78, 5) is 12.0. The molecular weight excluding hydrogens is 284 g/mol. The van der Waals surface area contributed by atoms with Crippen LogP contribution < -0.4 is 10.6 Å². The first kappa shape index (κ1) is 15.3. The van der Waals surface area contributed by atoms with E-state index in [0.717, 1.165) is 48.3 Å². The van der Waals surface area contributed by atoms with Gasteiger partial charge in [-0.05, 0) is 55.7 Å². The van der Waals surface area contributed by atoms with Crippen molar-refractivity contribution < 1.29 is 4.79 Å². The van der Waals surface area contributed by atoms with Crippen molar-refractivity contribution in [1.29, 1.82) is 0 Å². The van der Waals surface area contributed by atoms with Gasteiger partial charge >= 0.3 is 0 Å². The van der Waals surface area contributed by atoms with E-state index in [-0.39, 0.29) is 5.78 Å². The SMILES string of the molecule is O=C1CCCCC/C1=C\Nc1ccc(Nc2ccccc2)cc1. The van der Waals surface area contributed by atoms with Crippen molar-refractivity contribution >= 4 is 22.8 Å². The molecule has 0 spiro atoms. The van der Waals surface area contributed by atoms with E-state index in [1.807, 2.05) is 60.8 Å². The third-order valence-corrected chi connectivity index (χ3v) is 4.07. The van der Waals surface area contributed by atoms with Gasteiger partial charge in [0.15, 0.2) is 5.78 Å². The molecular formula is C20H22N2O. The average Bonchev–Trinajstić information content (AvgIpc) is 2.79. The van der Waals surface area contributed by atoms with Crippen LogP contribution in [-0.4, -0.2) is 5.78 Å². The minimum absolute atomic E-state index is 0.289. The second kappa shape index (κ2) is 7.63. The number of allylic oxidation sites excluding steroid dienone is 1. The van der Waals surface area contributed by atoms with Gasteiger partial charge in [-0.3, -0.25) is 4.79 Å². The summed E-state index contributed by atoms with van der Waals surface area (Å²) in [5, 5.41) is 6.61. The molecule has 1 fully saturated rings. The Kier molecular flexibility index (Phi) is 5.09. The van der Waals surface area contributed by atoms with Gasteiger partial charge in [0.05, 0.1) is 0 Å². The van der Waals surface area contributed by atoms with Crippen LogP contribution in [0.3, 0.4) is 0 Å². The molecule has 23 heavy (non-hydrogen) atoms. The first-order valence-corrected chi connectivity index (χ1v) is 8.22. The summed E-state index contributed by atoms with van der Waals surface area (Å²) in [7, 11) is 0. The topological polar surface area (TPSA) is 41.1 Å². The third-order valence-electron chi connectivity index (χ3n) is 4.07. The fourth-order valence-corrected chi connectivity index (χ4v) is 2.74. The van der Waals surface area contributed by atoms with Gasteiger partial charge < -0.3 is 10.6 Å². The van der Waals surface area contributed by atoms with Crippen molar-refractivity contribution in [2.24, 2.45) is 0 Å². The zero-order valence-electron chi connectivity index (χ0n) is 13.2. The molecule has 0 heterocycles. The van der Waals surface area contributed by atoms with Crippen LogP contribution in [0.2, 0.25) is 0 Å². The Morgan fingerprint density at radius 2 is 1.39 bits per heavy atom. The van der Waals surface area contributed by atoms with Crippen LogP contribution in [0.15, 0.2) is 66.4 Å². The second-order valence-corrected chi connectivity index (χ2v) is 5.87. The van der Waals surface area contributed by atoms with Gasteiger partial charge in [0.1, 0.15) is 0 Å².